The van der Waals surface area contributed by atoms with Crippen LogP contribution in [0.3, 0.4) is 0 Å². The Labute approximate surface area is 191 Å². The van der Waals surface area contributed by atoms with Gasteiger partial charge in [-0.15, -0.1) is 0 Å². The molecule has 0 unspecified atom stereocenters. The SMILES string of the molecule is CS(=O)(=O)N(CC(=O)N/N=C\c1ccc(C(=O)O)cc1)c1ccc(Oc2ccccc2)cc1. The maximum atomic E-state index is 12.3. The van der Waals surface area contributed by atoms with Crippen LogP contribution in [0.2, 0.25) is 0 Å². The van der Waals surface area contributed by atoms with Crippen molar-refractivity contribution in [1.29, 1.82) is 0 Å². The quantitative estimate of drug-likeness (QED) is 0.368. The van der Waals surface area contributed by atoms with Gasteiger partial charge in [0.2, 0.25) is 10.0 Å². The van der Waals surface area contributed by atoms with Crippen molar-refractivity contribution in [2.75, 3.05) is 17.1 Å². The van der Waals surface area contributed by atoms with E-state index in [0.717, 1.165) is 10.6 Å². The monoisotopic (exact) mass is 467 g/mol. The van der Waals surface area contributed by atoms with E-state index in [1.54, 1.807) is 36.4 Å². The summed E-state index contributed by atoms with van der Waals surface area (Å²) in [7, 11) is -3.75. The molecule has 0 saturated heterocycles. The van der Waals surface area contributed by atoms with Crippen LogP contribution in [0, 0.1) is 0 Å². The van der Waals surface area contributed by atoms with E-state index in [2.05, 4.69) is 10.5 Å². The normalized spacial score (nSPS) is 11.2. The fraction of sp³-hybridized carbons (Fsp3) is 0.0870. The number of hydrazone groups is 1. The average Bonchev–Trinajstić information content (AvgIpc) is 2.78. The molecule has 1 amide bonds. The van der Waals surface area contributed by atoms with Gasteiger partial charge in [0.05, 0.1) is 23.7 Å². The van der Waals surface area contributed by atoms with Crippen LogP contribution in [0.5, 0.6) is 11.5 Å². The van der Waals surface area contributed by atoms with Crippen LogP contribution >= 0.6 is 0 Å². The molecule has 0 aromatic heterocycles. The summed E-state index contributed by atoms with van der Waals surface area (Å²) in [6.45, 7) is -0.479. The highest BCUT2D eigenvalue weighted by molar-refractivity contribution is 7.92. The van der Waals surface area contributed by atoms with Crippen LogP contribution in [-0.4, -0.2) is 44.4 Å². The first-order valence-electron chi connectivity index (χ1n) is 9.68. The highest BCUT2D eigenvalue weighted by atomic mass is 32.2. The number of ether oxygens (including phenoxy) is 1. The average molecular weight is 468 g/mol. The van der Waals surface area contributed by atoms with Gasteiger partial charge in [-0.1, -0.05) is 30.3 Å². The molecule has 0 saturated carbocycles. The van der Waals surface area contributed by atoms with Gasteiger partial charge in [0.1, 0.15) is 18.0 Å². The molecule has 170 valence electrons. The molecule has 9 nitrogen and oxygen atoms in total. The largest absolute Gasteiger partial charge is 0.478 e. The first kappa shape index (κ1) is 23.5. The Morgan fingerprint density at radius 2 is 1.58 bits per heavy atom. The number of sulfonamides is 1. The van der Waals surface area contributed by atoms with Crippen molar-refractivity contribution in [2.24, 2.45) is 5.10 Å². The molecule has 0 aliphatic carbocycles. The molecule has 0 aliphatic rings. The third-order valence-electron chi connectivity index (χ3n) is 4.35. The molecule has 33 heavy (non-hydrogen) atoms. The second-order valence-electron chi connectivity index (χ2n) is 6.90. The Kier molecular flexibility index (Phi) is 7.42. The van der Waals surface area contributed by atoms with Gasteiger partial charge in [0.15, 0.2) is 0 Å². The number of carboxylic acid groups (broad SMARTS) is 1. The van der Waals surface area contributed by atoms with Crippen molar-refractivity contribution >= 4 is 33.8 Å². The van der Waals surface area contributed by atoms with Crippen LogP contribution in [0.15, 0.2) is 84.0 Å². The molecule has 0 fully saturated rings. The molecule has 0 atom stereocenters. The number of nitrogens with zero attached hydrogens (tertiary/aromatic N) is 2. The van der Waals surface area contributed by atoms with Crippen molar-refractivity contribution in [3.63, 3.8) is 0 Å². The van der Waals surface area contributed by atoms with Gasteiger partial charge in [-0.2, -0.15) is 5.10 Å². The third-order valence-corrected chi connectivity index (χ3v) is 5.49. The van der Waals surface area contributed by atoms with E-state index < -0.39 is 28.4 Å². The first-order valence-corrected chi connectivity index (χ1v) is 11.5. The summed E-state index contributed by atoms with van der Waals surface area (Å²) in [6.07, 6.45) is 2.33. The lowest BCUT2D eigenvalue weighted by atomic mass is 10.1. The molecule has 10 heteroatoms. The van der Waals surface area contributed by atoms with Gasteiger partial charge in [-0.05, 0) is 54.1 Å². The highest BCUT2D eigenvalue weighted by Gasteiger charge is 2.20. The number of nitrogens with one attached hydrogen (secondary N) is 1. The summed E-state index contributed by atoms with van der Waals surface area (Å²) in [5.74, 6) is -0.544. The van der Waals surface area contributed by atoms with Gasteiger partial charge in [-0.3, -0.25) is 9.10 Å². The van der Waals surface area contributed by atoms with E-state index in [9.17, 15) is 18.0 Å². The first-order chi connectivity index (χ1) is 15.7. The lowest BCUT2D eigenvalue weighted by Crippen LogP contribution is -2.39. The Bertz CT molecular complexity index is 1240. The summed E-state index contributed by atoms with van der Waals surface area (Å²) in [6, 6.07) is 21.3. The second-order valence-corrected chi connectivity index (χ2v) is 8.81. The van der Waals surface area contributed by atoms with E-state index in [-0.39, 0.29) is 5.56 Å². The number of carbonyl (C=O) groups excluding carboxylic acids is 1. The van der Waals surface area contributed by atoms with E-state index in [4.69, 9.17) is 9.84 Å². The second kappa shape index (κ2) is 10.4. The van der Waals surface area contributed by atoms with Crippen LogP contribution in [0.1, 0.15) is 15.9 Å². The van der Waals surface area contributed by atoms with Crippen molar-refractivity contribution in [2.45, 2.75) is 0 Å². The van der Waals surface area contributed by atoms with Gasteiger partial charge in [-0.25, -0.2) is 18.6 Å². The minimum Gasteiger partial charge on any atom is -0.478 e. The van der Waals surface area contributed by atoms with Crippen LogP contribution in [0.25, 0.3) is 0 Å². The maximum Gasteiger partial charge on any atom is 0.335 e. The molecule has 0 radical (unpaired) electrons. The topological polar surface area (TPSA) is 125 Å². The summed E-state index contributed by atoms with van der Waals surface area (Å²) >= 11 is 0. The van der Waals surface area contributed by atoms with Crippen molar-refractivity contribution in [3.05, 3.63) is 90.0 Å². The number of para-hydroxylation sites is 1. The molecule has 2 N–H and O–H groups in total. The number of carbonyl (C=O) groups is 2. The molecule has 0 bridgehead atoms. The van der Waals surface area contributed by atoms with Gasteiger partial charge >= 0.3 is 5.97 Å². The molecule has 0 heterocycles. The molecular formula is C23H21N3O6S. The lowest BCUT2D eigenvalue weighted by molar-refractivity contribution is -0.119. The summed E-state index contributed by atoms with van der Waals surface area (Å²) in [5.41, 5.74) is 3.25. The number of hydrogen-bond donors (Lipinski definition) is 2. The number of hydrogen-bond acceptors (Lipinski definition) is 6. The number of anilines is 1. The summed E-state index contributed by atoms with van der Waals surface area (Å²) in [5, 5.41) is 12.7. The molecule has 3 aromatic rings. The number of amides is 1. The zero-order chi connectivity index (χ0) is 23.8. The fourth-order valence-electron chi connectivity index (χ4n) is 2.76. The number of rotatable bonds is 9. The van der Waals surface area contributed by atoms with Crippen LogP contribution in [0.4, 0.5) is 5.69 Å². The summed E-state index contributed by atoms with van der Waals surface area (Å²) < 4.78 is 31.2. The van der Waals surface area contributed by atoms with Gasteiger partial charge in [0.25, 0.3) is 5.91 Å². The van der Waals surface area contributed by atoms with Gasteiger partial charge < -0.3 is 9.84 Å². The van der Waals surface area contributed by atoms with E-state index in [1.165, 1.54) is 30.5 Å². The predicted molar refractivity (Wildman–Crippen MR) is 124 cm³/mol. The van der Waals surface area contributed by atoms with E-state index >= 15 is 0 Å². The van der Waals surface area contributed by atoms with E-state index in [0.29, 0.717) is 22.7 Å². The van der Waals surface area contributed by atoms with Crippen molar-refractivity contribution in [1.82, 2.24) is 5.43 Å². The highest BCUT2D eigenvalue weighted by Crippen LogP contribution is 2.25. The number of carboxylic acids is 1. The summed E-state index contributed by atoms with van der Waals surface area (Å²) in [4.78, 5) is 23.1. The molecule has 3 rings (SSSR count). The zero-order valence-corrected chi connectivity index (χ0v) is 18.4. The third kappa shape index (κ3) is 6.91. The fourth-order valence-corrected chi connectivity index (χ4v) is 3.62. The van der Waals surface area contributed by atoms with Gasteiger partial charge in [0, 0.05) is 0 Å². The minimum absolute atomic E-state index is 0.125. The Morgan fingerprint density at radius 3 is 2.15 bits per heavy atom. The smallest absolute Gasteiger partial charge is 0.335 e. The predicted octanol–water partition coefficient (Wildman–Crippen LogP) is 3.09. The zero-order valence-electron chi connectivity index (χ0n) is 17.6. The van der Waals surface area contributed by atoms with E-state index in [1.807, 2.05) is 18.2 Å². The Hall–Kier alpha value is -4.18. The van der Waals surface area contributed by atoms with Crippen LogP contribution < -0.4 is 14.5 Å². The Balaban J connectivity index is 1.64. The molecule has 3 aromatic carbocycles. The standard InChI is InChI=1S/C23H21N3O6S/c1-33(30,31)26(19-11-13-21(14-12-19)32-20-5-3-2-4-6-20)16-22(27)25-24-15-17-7-9-18(10-8-17)23(28)29/h2-15H,16H2,1H3,(H,25,27)(H,28,29)/b24-15-. The maximum absolute atomic E-state index is 12.3. The lowest BCUT2D eigenvalue weighted by Gasteiger charge is -2.21. The molecule has 0 spiro atoms. The van der Waals surface area contributed by atoms with Crippen molar-refractivity contribution in [3.8, 4) is 11.5 Å². The Morgan fingerprint density at radius 1 is 0.970 bits per heavy atom. The number of benzene rings is 3. The molecule has 0 aliphatic heterocycles. The minimum atomic E-state index is -3.75. The molecular weight excluding hydrogens is 446 g/mol. The van der Waals surface area contributed by atoms with Crippen LogP contribution in [-0.2, 0) is 14.8 Å². The van der Waals surface area contributed by atoms with Crippen molar-refractivity contribution < 1.29 is 27.9 Å². The number of aromatic carboxylic acids is 1.